The molecule has 4 heteroatoms. The minimum atomic E-state index is 0.176. The van der Waals surface area contributed by atoms with E-state index in [1.165, 1.54) is 35.9 Å². The lowest BCUT2D eigenvalue weighted by Gasteiger charge is -2.24. The molecular weight excluding hydrogens is 218 g/mol. The lowest BCUT2D eigenvalue weighted by atomic mass is 10.0. The normalized spacial score (nSPS) is 29.3. The lowest BCUT2D eigenvalue weighted by Crippen LogP contribution is -2.27. The number of hydrogen-bond acceptors (Lipinski definition) is 3. The summed E-state index contributed by atoms with van der Waals surface area (Å²) in [6.07, 6.45) is 8.16. The molecule has 0 radical (unpaired) electrons. The number of nitrogens with zero attached hydrogens (tertiary/aromatic N) is 2. The van der Waals surface area contributed by atoms with Crippen molar-refractivity contribution >= 4 is 11.8 Å². The Morgan fingerprint density at radius 1 is 1.50 bits per heavy atom. The smallest absolute Gasteiger partial charge is 0.110 e. The van der Waals surface area contributed by atoms with Crippen LogP contribution in [0.5, 0.6) is 0 Å². The molecule has 2 unspecified atom stereocenters. The number of fused-ring (bicyclic) bond motifs is 1. The van der Waals surface area contributed by atoms with E-state index in [0.29, 0.717) is 0 Å². The van der Waals surface area contributed by atoms with Crippen LogP contribution in [0.3, 0.4) is 0 Å². The molecule has 3 rings (SSSR count). The van der Waals surface area contributed by atoms with Crippen molar-refractivity contribution in [2.75, 3.05) is 11.5 Å². The van der Waals surface area contributed by atoms with E-state index in [1.54, 1.807) is 0 Å². The quantitative estimate of drug-likeness (QED) is 0.855. The van der Waals surface area contributed by atoms with Crippen LogP contribution in [0.25, 0.3) is 0 Å². The van der Waals surface area contributed by atoms with E-state index in [-0.39, 0.29) is 6.17 Å². The highest BCUT2D eigenvalue weighted by Gasteiger charge is 2.23. The second kappa shape index (κ2) is 4.41. The van der Waals surface area contributed by atoms with Gasteiger partial charge in [-0.25, -0.2) is 4.98 Å². The highest BCUT2D eigenvalue weighted by molar-refractivity contribution is 7.99. The van der Waals surface area contributed by atoms with Gasteiger partial charge in [0, 0.05) is 18.3 Å². The maximum Gasteiger partial charge on any atom is 0.110 e. The molecule has 2 aliphatic heterocycles. The molecule has 1 saturated heterocycles. The summed E-state index contributed by atoms with van der Waals surface area (Å²) in [6, 6.07) is 0. The van der Waals surface area contributed by atoms with Crippen molar-refractivity contribution < 1.29 is 0 Å². The molecule has 2 atom stereocenters. The highest BCUT2D eigenvalue weighted by Crippen LogP contribution is 2.29. The molecule has 2 N–H and O–H groups in total. The Balaban J connectivity index is 1.81. The first-order chi connectivity index (χ1) is 7.84. The van der Waals surface area contributed by atoms with Gasteiger partial charge in [0.1, 0.15) is 5.82 Å². The summed E-state index contributed by atoms with van der Waals surface area (Å²) in [5, 5.41) is 0. The molecule has 3 nitrogen and oxygen atoms in total. The van der Waals surface area contributed by atoms with Gasteiger partial charge in [0.15, 0.2) is 0 Å². The molecule has 88 valence electrons. The van der Waals surface area contributed by atoms with Crippen LogP contribution < -0.4 is 5.73 Å². The predicted octanol–water partition coefficient (Wildman–Crippen LogP) is 1.97. The largest absolute Gasteiger partial charge is 0.316 e. The number of hydrogen-bond donors (Lipinski definition) is 1. The van der Waals surface area contributed by atoms with Crippen LogP contribution in [0.4, 0.5) is 0 Å². The second-order valence-electron chi connectivity index (χ2n) is 4.93. The summed E-state index contributed by atoms with van der Waals surface area (Å²) in [5.74, 6) is 4.68. The van der Waals surface area contributed by atoms with Gasteiger partial charge < -0.3 is 10.3 Å². The Hall–Kier alpha value is -0.480. The molecule has 0 spiro atoms. The van der Waals surface area contributed by atoms with Gasteiger partial charge in [-0.2, -0.15) is 11.8 Å². The third kappa shape index (κ3) is 1.89. The second-order valence-corrected chi connectivity index (χ2v) is 6.08. The summed E-state index contributed by atoms with van der Waals surface area (Å²) >= 11 is 2.07. The average molecular weight is 237 g/mol. The molecule has 0 bridgehead atoms. The topological polar surface area (TPSA) is 43.8 Å². The monoisotopic (exact) mass is 237 g/mol. The zero-order valence-corrected chi connectivity index (χ0v) is 10.4. The maximum atomic E-state index is 6.18. The summed E-state index contributed by atoms with van der Waals surface area (Å²) in [7, 11) is 0. The lowest BCUT2D eigenvalue weighted by molar-refractivity contribution is 0.393. The molecule has 16 heavy (non-hydrogen) atoms. The molecular formula is C12H19N3S. The van der Waals surface area contributed by atoms with E-state index >= 15 is 0 Å². The van der Waals surface area contributed by atoms with Gasteiger partial charge >= 0.3 is 0 Å². The molecule has 1 aromatic heterocycles. The number of rotatable bonds is 2. The van der Waals surface area contributed by atoms with Crippen LogP contribution in [-0.4, -0.2) is 21.1 Å². The first kappa shape index (κ1) is 10.7. The molecule has 0 aromatic carbocycles. The van der Waals surface area contributed by atoms with E-state index < -0.39 is 0 Å². The van der Waals surface area contributed by atoms with E-state index in [9.17, 15) is 0 Å². The van der Waals surface area contributed by atoms with Gasteiger partial charge in [0.25, 0.3) is 0 Å². The summed E-state index contributed by atoms with van der Waals surface area (Å²) in [5.41, 5.74) is 7.53. The van der Waals surface area contributed by atoms with Gasteiger partial charge in [-0.15, -0.1) is 0 Å². The highest BCUT2D eigenvalue weighted by atomic mass is 32.2. The van der Waals surface area contributed by atoms with Crippen LogP contribution in [-0.2, 0) is 12.8 Å². The fourth-order valence-corrected chi connectivity index (χ4v) is 4.09. The Morgan fingerprint density at radius 3 is 3.25 bits per heavy atom. The van der Waals surface area contributed by atoms with Crippen molar-refractivity contribution in [1.29, 1.82) is 0 Å². The third-order valence-electron chi connectivity index (χ3n) is 3.71. The number of aromatic nitrogens is 2. The fourth-order valence-electron chi connectivity index (χ4n) is 2.80. The molecule has 3 heterocycles. The van der Waals surface area contributed by atoms with Crippen LogP contribution in [0, 0.1) is 5.92 Å². The third-order valence-corrected chi connectivity index (χ3v) is 4.94. The molecule has 0 saturated carbocycles. The van der Waals surface area contributed by atoms with Crippen molar-refractivity contribution in [3.8, 4) is 0 Å². The Labute approximate surface area is 101 Å². The summed E-state index contributed by atoms with van der Waals surface area (Å²) in [4.78, 5) is 4.59. The van der Waals surface area contributed by atoms with Crippen LogP contribution in [0.1, 0.15) is 36.9 Å². The van der Waals surface area contributed by atoms with Gasteiger partial charge in [-0.05, 0) is 43.1 Å². The zero-order valence-electron chi connectivity index (χ0n) is 9.56. The van der Waals surface area contributed by atoms with Gasteiger partial charge in [0.2, 0.25) is 0 Å². The van der Waals surface area contributed by atoms with E-state index in [0.717, 1.165) is 25.2 Å². The van der Waals surface area contributed by atoms with Gasteiger partial charge in [-0.1, -0.05) is 0 Å². The van der Waals surface area contributed by atoms with Crippen LogP contribution in [0.15, 0.2) is 6.20 Å². The number of aryl methyl sites for hydroxylation is 1. The maximum absolute atomic E-state index is 6.18. The minimum absolute atomic E-state index is 0.176. The SMILES string of the molecule is NC1CCCc2cnc(CC3CCSC3)n21. The van der Waals surface area contributed by atoms with Crippen molar-refractivity contribution in [3.63, 3.8) is 0 Å². The van der Waals surface area contributed by atoms with Gasteiger partial charge in [-0.3, -0.25) is 0 Å². The Morgan fingerprint density at radius 2 is 2.44 bits per heavy atom. The fraction of sp³-hybridized carbons (Fsp3) is 0.750. The summed E-state index contributed by atoms with van der Waals surface area (Å²) < 4.78 is 2.30. The van der Waals surface area contributed by atoms with Crippen LogP contribution in [0.2, 0.25) is 0 Å². The first-order valence-corrected chi connectivity index (χ1v) is 7.38. The molecule has 0 amide bonds. The van der Waals surface area contributed by atoms with E-state index in [2.05, 4.69) is 21.3 Å². The average Bonchev–Trinajstić information content (AvgIpc) is 2.90. The zero-order chi connectivity index (χ0) is 11.0. The molecule has 0 aliphatic carbocycles. The van der Waals surface area contributed by atoms with Crippen molar-refractivity contribution in [1.82, 2.24) is 9.55 Å². The number of imidazole rings is 1. The first-order valence-electron chi connectivity index (χ1n) is 6.23. The van der Waals surface area contributed by atoms with Crippen molar-refractivity contribution in [2.24, 2.45) is 11.7 Å². The summed E-state index contributed by atoms with van der Waals surface area (Å²) in [6.45, 7) is 0. The minimum Gasteiger partial charge on any atom is -0.316 e. The van der Waals surface area contributed by atoms with Crippen LogP contribution >= 0.6 is 11.8 Å². The van der Waals surface area contributed by atoms with E-state index in [4.69, 9.17) is 5.73 Å². The number of nitrogens with two attached hydrogens (primary N) is 1. The molecule has 2 aliphatic rings. The standard InChI is InChI=1S/C12H19N3S/c13-11-3-1-2-10-7-14-12(15(10)11)6-9-4-5-16-8-9/h7,9,11H,1-6,8,13H2. The van der Waals surface area contributed by atoms with E-state index in [1.807, 2.05) is 6.20 Å². The molecule has 1 aromatic rings. The number of thioether (sulfide) groups is 1. The Kier molecular flexibility index (Phi) is 2.94. The van der Waals surface area contributed by atoms with Crippen molar-refractivity contribution in [2.45, 2.75) is 38.3 Å². The predicted molar refractivity (Wildman–Crippen MR) is 67.5 cm³/mol. The Bertz CT molecular complexity index is 368. The van der Waals surface area contributed by atoms with Gasteiger partial charge in [0.05, 0.1) is 6.17 Å². The van der Waals surface area contributed by atoms with Crippen molar-refractivity contribution in [3.05, 3.63) is 17.7 Å². The molecule has 1 fully saturated rings.